The molecule has 2 rings (SSSR count). The van der Waals surface area contributed by atoms with E-state index in [-0.39, 0.29) is 12.1 Å². The summed E-state index contributed by atoms with van der Waals surface area (Å²) < 4.78 is 5.20. The number of halogens is 1. The van der Waals surface area contributed by atoms with Gasteiger partial charge in [0.15, 0.2) is 0 Å². The highest BCUT2D eigenvalue weighted by Crippen LogP contribution is 2.22. The van der Waals surface area contributed by atoms with Gasteiger partial charge in [0, 0.05) is 6.04 Å². The van der Waals surface area contributed by atoms with Crippen molar-refractivity contribution in [3.05, 3.63) is 58.6 Å². The highest BCUT2D eigenvalue weighted by atomic mass is 35.5. The van der Waals surface area contributed by atoms with E-state index in [0.29, 0.717) is 17.1 Å². The fraction of sp³-hybridized carbons (Fsp3) is 0.278. The van der Waals surface area contributed by atoms with Crippen LogP contribution in [0.2, 0.25) is 5.02 Å². The monoisotopic (exact) mass is 332 g/mol. The van der Waals surface area contributed by atoms with E-state index in [0.717, 1.165) is 16.9 Å². The van der Waals surface area contributed by atoms with Crippen molar-refractivity contribution in [3.8, 4) is 5.75 Å². The van der Waals surface area contributed by atoms with E-state index in [1.807, 2.05) is 50.2 Å². The van der Waals surface area contributed by atoms with Crippen LogP contribution in [0.4, 0.5) is 10.5 Å². The number of urea groups is 1. The Morgan fingerprint density at radius 3 is 2.74 bits per heavy atom. The Morgan fingerprint density at radius 2 is 2.04 bits per heavy atom. The summed E-state index contributed by atoms with van der Waals surface area (Å²) in [4.78, 5) is 12.1. The molecule has 2 aromatic carbocycles. The SMILES string of the molecule is COc1cccc(CC(C)NC(=O)Nc2ccc(C)cc2Cl)c1. The minimum absolute atomic E-state index is 0.0219. The van der Waals surface area contributed by atoms with E-state index < -0.39 is 0 Å². The molecule has 2 amide bonds. The van der Waals surface area contributed by atoms with E-state index in [1.54, 1.807) is 13.2 Å². The molecule has 2 N–H and O–H groups in total. The number of carbonyl (C=O) groups excluding carboxylic acids is 1. The molecule has 23 heavy (non-hydrogen) atoms. The van der Waals surface area contributed by atoms with Crippen molar-refractivity contribution in [1.29, 1.82) is 0 Å². The predicted molar refractivity (Wildman–Crippen MR) is 94.5 cm³/mol. The topological polar surface area (TPSA) is 50.4 Å². The van der Waals surface area contributed by atoms with Crippen LogP contribution in [0.3, 0.4) is 0 Å². The molecule has 122 valence electrons. The lowest BCUT2D eigenvalue weighted by Gasteiger charge is -2.16. The number of nitrogens with one attached hydrogen (secondary N) is 2. The van der Waals surface area contributed by atoms with Crippen LogP contribution >= 0.6 is 11.6 Å². The van der Waals surface area contributed by atoms with Crippen molar-refractivity contribution in [3.63, 3.8) is 0 Å². The molecule has 0 spiro atoms. The number of anilines is 1. The molecule has 0 aliphatic rings. The van der Waals surface area contributed by atoms with Crippen LogP contribution in [0.15, 0.2) is 42.5 Å². The summed E-state index contributed by atoms with van der Waals surface area (Å²) in [7, 11) is 1.64. The number of hydrogen-bond donors (Lipinski definition) is 2. The van der Waals surface area contributed by atoms with Gasteiger partial charge in [-0.3, -0.25) is 0 Å². The quantitative estimate of drug-likeness (QED) is 0.852. The van der Waals surface area contributed by atoms with E-state index in [1.165, 1.54) is 0 Å². The van der Waals surface area contributed by atoms with Crippen molar-refractivity contribution in [1.82, 2.24) is 5.32 Å². The van der Waals surface area contributed by atoms with Crippen LogP contribution in [0.5, 0.6) is 5.75 Å². The van der Waals surface area contributed by atoms with Gasteiger partial charge in [-0.05, 0) is 55.7 Å². The summed E-state index contributed by atoms with van der Waals surface area (Å²) >= 11 is 6.12. The van der Waals surface area contributed by atoms with E-state index in [2.05, 4.69) is 10.6 Å². The molecule has 0 aliphatic carbocycles. The number of ether oxygens (including phenoxy) is 1. The molecule has 0 aromatic heterocycles. The zero-order valence-electron chi connectivity index (χ0n) is 13.5. The average molecular weight is 333 g/mol. The van der Waals surface area contributed by atoms with Gasteiger partial charge in [0.1, 0.15) is 5.75 Å². The number of carbonyl (C=O) groups is 1. The van der Waals surface area contributed by atoms with Gasteiger partial charge in [-0.1, -0.05) is 29.8 Å². The van der Waals surface area contributed by atoms with Gasteiger partial charge in [0.2, 0.25) is 0 Å². The van der Waals surface area contributed by atoms with Crippen LogP contribution < -0.4 is 15.4 Å². The molecule has 4 nitrogen and oxygen atoms in total. The van der Waals surface area contributed by atoms with Gasteiger partial charge < -0.3 is 15.4 Å². The Kier molecular flexibility index (Phi) is 5.88. The van der Waals surface area contributed by atoms with Gasteiger partial charge in [0.25, 0.3) is 0 Å². The van der Waals surface area contributed by atoms with E-state index >= 15 is 0 Å². The third-order valence-electron chi connectivity index (χ3n) is 3.43. The molecule has 0 aliphatic heterocycles. The number of aryl methyl sites for hydroxylation is 1. The summed E-state index contributed by atoms with van der Waals surface area (Å²) in [6.07, 6.45) is 0.715. The molecular formula is C18H21ClN2O2. The molecular weight excluding hydrogens is 312 g/mol. The summed E-state index contributed by atoms with van der Waals surface area (Å²) in [5, 5.41) is 6.20. The first-order chi connectivity index (χ1) is 11.0. The highest BCUT2D eigenvalue weighted by Gasteiger charge is 2.10. The van der Waals surface area contributed by atoms with Crippen molar-refractivity contribution in [2.75, 3.05) is 12.4 Å². The van der Waals surface area contributed by atoms with Crippen molar-refractivity contribution in [2.45, 2.75) is 26.3 Å². The van der Waals surface area contributed by atoms with Crippen molar-refractivity contribution in [2.24, 2.45) is 0 Å². The maximum Gasteiger partial charge on any atom is 0.319 e. The van der Waals surface area contributed by atoms with Gasteiger partial charge >= 0.3 is 6.03 Å². The Hall–Kier alpha value is -2.20. The van der Waals surface area contributed by atoms with E-state index in [4.69, 9.17) is 16.3 Å². The minimum atomic E-state index is -0.272. The summed E-state index contributed by atoms with van der Waals surface area (Å²) in [5.41, 5.74) is 2.75. The molecule has 0 radical (unpaired) electrons. The van der Waals surface area contributed by atoms with Crippen LogP contribution in [0.25, 0.3) is 0 Å². The first-order valence-electron chi connectivity index (χ1n) is 7.44. The molecule has 0 saturated heterocycles. The smallest absolute Gasteiger partial charge is 0.319 e. The molecule has 1 atom stereocenters. The zero-order chi connectivity index (χ0) is 16.8. The normalized spacial score (nSPS) is 11.7. The fourth-order valence-electron chi connectivity index (χ4n) is 2.31. The summed E-state index contributed by atoms with van der Waals surface area (Å²) in [6.45, 7) is 3.90. The standard InChI is InChI=1S/C18H21ClN2O2/c1-12-7-8-17(16(19)9-12)21-18(22)20-13(2)10-14-5-4-6-15(11-14)23-3/h4-9,11,13H,10H2,1-3H3,(H2,20,21,22). The van der Waals surface area contributed by atoms with E-state index in [9.17, 15) is 4.79 Å². The second kappa shape index (κ2) is 7.88. The predicted octanol–water partition coefficient (Wildman–Crippen LogP) is 4.41. The maximum atomic E-state index is 12.1. The van der Waals surface area contributed by atoms with Crippen LogP contribution in [-0.2, 0) is 6.42 Å². The van der Waals surface area contributed by atoms with Crippen molar-refractivity contribution >= 4 is 23.3 Å². The lowest BCUT2D eigenvalue weighted by molar-refractivity contribution is 0.249. The Morgan fingerprint density at radius 1 is 1.26 bits per heavy atom. The lowest BCUT2D eigenvalue weighted by atomic mass is 10.1. The first kappa shape index (κ1) is 17.2. The number of rotatable bonds is 5. The molecule has 0 bridgehead atoms. The fourth-order valence-corrected chi connectivity index (χ4v) is 2.59. The Labute approximate surface area is 141 Å². The van der Waals surface area contributed by atoms with Crippen LogP contribution in [0.1, 0.15) is 18.1 Å². The van der Waals surface area contributed by atoms with Crippen LogP contribution in [0, 0.1) is 6.92 Å². The number of amides is 2. The number of methoxy groups -OCH3 is 1. The molecule has 0 saturated carbocycles. The van der Waals surface area contributed by atoms with Gasteiger partial charge in [-0.2, -0.15) is 0 Å². The van der Waals surface area contributed by atoms with Gasteiger partial charge in [-0.15, -0.1) is 0 Å². The van der Waals surface area contributed by atoms with Gasteiger partial charge in [-0.25, -0.2) is 4.79 Å². The lowest BCUT2D eigenvalue weighted by Crippen LogP contribution is -2.37. The molecule has 2 aromatic rings. The first-order valence-corrected chi connectivity index (χ1v) is 7.82. The van der Waals surface area contributed by atoms with Gasteiger partial charge in [0.05, 0.1) is 17.8 Å². The molecule has 5 heteroatoms. The third-order valence-corrected chi connectivity index (χ3v) is 3.74. The summed E-state index contributed by atoms with van der Waals surface area (Å²) in [6, 6.07) is 13.0. The Balaban J connectivity index is 1.91. The van der Waals surface area contributed by atoms with Crippen LogP contribution in [-0.4, -0.2) is 19.2 Å². The second-order valence-electron chi connectivity index (χ2n) is 5.54. The molecule has 0 fully saturated rings. The molecule has 1 unspecified atom stereocenters. The average Bonchev–Trinajstić information content (AvgIpc) is 2.50. The third kappa shape index (κ3) is 5.18. The number of benzene rings is 2. The highest BCUT2D eigenvalue weighted by molar-refractivity contribution is 6.33. The number of hydrogen-bond acceptors (Lipinski definition) is 2. The zero-order valence-corrected chi connectivity index (χ0v) is 14.3. The minimum Gasteiger partial charge on any atom is -0.497 e. The maximum absolute atomic E-state index is 12.1. The largest absolute Gasteiger partial charge is 0.497 e. The molecule has 0 heterocycles. The van der Waals surface area contributed by atoms with Crippen molar-refractivity contribution < 1.29 is 9.53 Å². The Bertz CT molecular complexity index is 688. The summed E-state index contributed by atoms with van der Waals surface area (Å²) in [5.74, 6) is 0.811. The second-order valence-corrected chi connectivity index (χ2v) is 5.95.